The Hall–Kier alpha value is -1.02. The van der Waals surface area contributed by atoms with Crippen molar-refractivity contribution in [3.63, 3.8) is 0 Å². The molecule has 1 saturated carbocycles. The summed E-state index contributed by atoms with van der Waals surface area (Å²) < 4.78 is 0. The number of anilines is 1. The van der Waals surface area contributed by atoms with Crippen molar-refractivity contribution in [2.45, 2.75) is 63.8 Å². The molecule has 2 heteroatoms. The number of nitrogens with two attached hydrogens (primary N) is 1. The van der Waals surface area contributed by atoms with Crippen LogP contribution < -0.4 is 11.1 Å². The molecule has 3 N–H and O–H groups in total. The maximum absolute atomic E-state index is 5.69. The zero-order valence-electron chi connectivity index (χ0n) is 12.0. The highest BCUT2D eigenvalue weighted by molar-refractivity contribution is 5.39. The summed E-state index contributed by atoms with van der Waals surface area (Å²) in [6.07, 6.45) is 12.2. The Balaban J connectivity index is 1.55. The lowest BCUT2D eigenvalue weighted by atomic mass is 10.1. The lowest BCUT2D eigenvalue weighted by Crippen LogP contribution is -2.29. The van der Waals surface area contributed by atoms with Crippen LogP contribution in [0.15, 0.2) is 24.3 Å². The van der Waals surface area contributed by atoms with Gasteiger partial charge < -0.3 is 11.1 Å². The summed E-state index contributed by atoms with van der Waals surface area (Å²) >= 11 is 0. The lowest BCUT2D eigenvalue weighted by molar-refractivity contribution is 0.452. The maximum Gasteiger partial charge on any atom is 0.0314 e. The normalized spacial score (nSPS) is 17.3. The first-order valence-electron chi connectivity index (χ1n) is 7.92. The van der Waals surface area contributed by atoms with Crippen LogP contribution in [0.25, 0.3) is 0 Å². The Kier molecular flexibility index (Phi) is 6.22. The van der Waals surface area contributed by atoms with E-state index in [4.69, 9.17) is 5.73 Å². The number of hydrogen-bond donors (Lipinski definition) is 2. The van der Waals surface area contributed by atoms with Crippen LogP contribution in [-0.2, 0) is 6.42 Å². The van der Waals surface area contributed by atoms with Gasteiger partial charge in [0, 0.05) is 11.7 Å². The second-order valence-electron chi connectivity index (χ2n) is 5.84. The number of hydrogen-bond acceptors (Lipinski definition) is 2. The summed E-state index contributed by atoms with van der Waals surface area (Å²) in [5.41, 5.74) is 7.95. The first kappa shape index (κ1) is 14.4. The molecule has 0 aromatic heterocycles. The van der Waals surface area contributed by atoms with Gasteiger partial charge >= 0.3 is 0 Å². The highest BCUT2D eigenvalue weighted by Crippen LogP contribution is 2.17. The van der Waals surface area contributed by atoms with Crippen molar-refractivity contribution in [2.24, 2.45) is 0 Å². The standard InChI is InChI=1S/C17H28N2/c18-16-12-10-15(11-13-16)7-5-6-14-19-17-8-3-1-2-4-9-17/h10-13,17,19H,1-9,14,18H2. The summed E-state index contributed by atoms with van der Waals surface area (Å²) in [7, 11) is 0. The van der Waals surface area contributed by atoms with Crippen molar-refractivity contribution in [1.82, 2.24) is 5.32 Å². The molecule has 1 aliphatic rings. The first-order chi connectivity index (χ1) is 9.34. The molecule has 1 fully saturated rings. The average molecular weight is 260 g/mol. The number of aryl methyl sites for hydroxylation is 1. The lowest BCUT2D eigenvalue weighted by Gasteiger charge is -2.15. The van der Waals surface area contributed by atoms with E-state index >= 15 is 0 Å². The van der Waals surface area contributed by atoms with Gasteiger partial charge in [-0.15, -0.1) is 0 Å². The molecule has 0 radical (unpaired) electrons. The minimum atomic E-state index is 0.791. The molecule has 0 atom stereocenters. The van der Waals surface area contributed by atoms with Gasteiger partial charge in [0.25, 0.3) is 0 Å². The molecular formula is C17H28N2. The van der Waals surface area contributed by atoms with Crippen molar-refractivity contribution < 1.29 is 0 Å². The summed E-state index contributed by atoms with van der Waals surface area (Å²) in [5, 5.41) is 3.74. The molecule has 2 rings (SSSR count). The molecule has 0 saturated heterocycles. The molecule has 2 nitrogen and oxygen atoms in total. The number of nitrogens with one attached hydrogen (secondary N) is 1. The monoisotopic (exact) mass is 260 g/mol. The number of benzene rings is 1. The van der Waals surface area contributed by atoms with Crippen molar-refractivity contribution in [2.75, 3.05) is 12.3 Å². The fourth-order valence-corrected chi connectivity index (χ4v) is 2.93. The van der Waals surface area contributed by atoms with Gasteiger partial charge in [0.05, 0.1) is 0 Å². The van der Waals surface area contributed by atoms with Gasteiger partial charge in [-0.1, -0.05) is 37.8 Å². The van der Waals surface area contributed by atoms with Gasteiger partial charge in [-0.05, 0) is 56.3 Å². The van der Waals surface area contributed by atoms with E-state index in [2.05, 4.69) is 17.4 Å². The molecule has 0 bridgehead atoms. The van der Waals surface area contributed by atoms with E-state index in [1.165, 1.54) is 69.9 Å². The van der Waals surface area contributed by atoms with Crippen molar-refractivity contribution >= 4 is 5.69 Å². The maximum atomic E-state index is 5.69. The molecule has 1 aromatic rings. The van der Waals surface area contributed by atoms with Gasteiger partial charge in [-0.3, -0.25) is 0 Å². The largest absolute Gasteiger partial charge is 0.399 e. The second-order valence-corrected chi connectivity index (χ2v) is 5.84. The molecule has 1 aliphatic carbocycles. The Morgan fingerprint density at radius 1 is 0.947 bits per heavy atom. The third-order valence-electron chi connectivity index (χ3n) is 4.16. The molecule has 0 amide bonds. The van der Waals surface area contributed by atoms with Crippen LogP contribution in [0.1, 0.15) is 56.9 Å². The van der Waals surface area contributed by atoms with Crippen LogP contribution in [0.3, 0.4) is 0 Å². The number of nitrogen functional groups attached to an aromatic ring is 1. The van der Waals surface area contributed by atoms with E-state index in [1.54, 1.807) is 0 Å². The van der Waals surface area contributed by atoms with E-state index in [0.717, 1.165) is 11.7 Å². The summed E-state index contributed by atoms with van der Waals surface area (Å²) in [5.74, 6) is 0. The molecule has 106 valence electrons. The SMILES string of the molecule is Nc1ccc(CCCCNC2CCCCCC2)cc1. The third-order valence-corrected chi connectivity index (χ3v) is 4.16. The van der Waals surface area contributed by atoms with Gasteiger partial charge in [0.1, 0.15) is 0 Å². The molecule has 1 aromatic carbocycles. The van der Waals surface area contributed by atoms with E-state index in [-0.39, 0.29) is 0 Å². The second kappa shape index (κ2) is 8.21. The highest BCUT2D eigenvalue weighted by Gasteiger charge is 2.10. The van der Waals surface area contributed by atoms with Gasteiger partial charge in [0.2, 0.25) is 0 Å². The van der Waals surface area contributed by atoms with Crippen molar-refractivity contribution in [1.29, 1.82) is 0 Å². The predicted molar refractivity (Wildman–Crippen MR) is 83.3 cm³/mol. The van der Waals surface area contributed by atoms with Crippen LogP contribution in [0, 0.1) is 0 Å². The number of rotatable bonds is 6. The topological polar surface area (TPSA) is 38.0 Å². The Morgan fingerprint density at radius 2 is 1.63 bits per heavy atom. The Morgan fingerprint density at radius 3 is 2.32 bits per heavy atom. The fraction of sp³-hybridized carbons (Fsp3) is 0.647. The first-order valence-corrected chi connectivity index (χ1v) is 7.92. The molecule has 0 spiro atoms. The molecule has 0 unspecified atom stereocenters. The summed E-state index contributed by atoms with van der Waals surface area (Å²) in [4.78, 5) is 0. The molecular weight excluding hydrogens is 232 g/mol. The van der Waals surface area contributed by atoms with Crippen LogP contribution in [0.4, 0.5) is 5.69 Å². The zero-order chi connectivity index (χ0) is 13.3. The number of unbranched alkanes of at least 4 members (excludes halogenated alkanes) is 1. The van der Waals surface area contributed by atoms with Crippen LogP contribution >= 0.6 is 0 Å². The van der Waals surface area contributed by atoms with Crippen LogP contribution in [0.2, 0.25) is 0 Å². The predicted octanol–water partition coefficient (Wildman–Crippen LogP) is 3.90. The van der Waals surface area contributed by atoms with Gasteiger partial charge in [0.15, 0.2) is 0 Å². The highest BCUT2D eigenvalue weighted by atomic mass is 14.9. The Labute approximate surface area is 117 Å². The van der Waals surface area contributed by atoms with E-state index in [1.807, 2.05) is 12.1 Å². The summed E-state index contributed by atoms with van der Waals surface area (Å²) in [6.45, 7) is 1.18. The van der Waals surface area contributed by atoms with Gasteiger partial charge in [-0.25, -0.2) is 0 Å². The molecule has 19 heavy (non-hydrogen) atoms. The molecule has 0 heterocycles. The van der Waals surface area contributed by atoms with E-state index < -0.39 is 0 Å². The van der Waals surface area contributed by atoms with Gasteiger partial charge in [-0.2, -0.15) is 0 Å². The molecule has 0 aliphatic heterocycles. The van der Waals surface area contributed by atoms with E-state index in [0.29, 0.717) is 0 Å². The van der Waals surface area contributed by atoms with Crippen LogP contribution in [0.5, 0.6) is 0 Å². The van der Waals surface area contributed by atoms with E-state index in [9.17, 15) is 0 Å². The quantitative estimate of drug-likeness (QED) is 0.462. The van der Waals surface area contributed by atoms with Crippen LogP contribution in [-0.4, -0.2) is 12.6 Å². The summed E-state index contributed by atoms with van der Waals surface area (Å²) in [6, 6.07) is 9.08. The minimum Gasteiger partial charge on any atom is -0.399 e. The van der Waals surface area contributed by atoms with Crippen molar-refractivity contribution in [3.05, 3.63) is 29.8 Å². The zero-order valence-corrected chi connectivity index (χ0v) is 12.0. The smallest absolute Gasteiger partial charge is 0.0314 e. The Bertz CT molecular complexity index is 337. The minimum absolute atomic E-state index is 0.791. The fourth-order valence-electron chi connectivity index (χ4n) is 2.93. The third kappa shape index (κ3) is 5.65. The average Bonchev–Trinajstić information content (AvgIpc) is 2.69. The van der Waals surface area contributed by atoms with Crippen molar-refractivity contribution in [3.8, 4) is 0 Å².